The second-order valence-corrected chi connectivity index (χ2v) is 8.74. The molecule has 1 amide bonds. The van der Waals surface area contributed by atoms with Crippen LogP contribution in [0.15, 0.2) is 35.2 Å². The fourth-order valence-electron chi connectivity index (χ4n) is 3.32. The van der Waals surface area contributed by atoms with E-state index in [9.17, 15) is 13.2 Å². The Labute approximate surface area is 168 Å². The van der Waals surface area contributed by atoms with Gasteiger partial charge in [-0.3, -0.25) is 9.52 Å². The van der Waals surface area contributed by atoms with Crippen LogP contribution < -0.4 is 19.1 Å². The molecule has 0 unspecified atom stereocenters. The Hall–Kier alpha value is -2.45. The van der Waals surface area contributed by atoms with Crippen LogP contribution in [0.2, 0.25) is 5.02 Å². The van der Waals surface area contributed by atoms with Gasteiger partial charge in [0.15, 0.2) is 11.5 Å². The summed E-state index contributed by atoms with van der Waals surface area (Å²) in [7, 11) is -3.91. The minimum absolute atomic E-state index is 0.0579. The zero-order chi connectivity index (χ0) is 19.9. The van der Waals surface area contributed by atoms with E-state index < -0.39 is 10.0 Å². The van der Waals surface area contributed by atoms with Crippen LogP contribution in [0.3, 0.4) is 0 Å². The molecule has 28 heavy (non-hydrogen) atoms. The lowest BCUT2D eigenvalue weighted by Gasteiger charge is -2.17. The first kappa shape index (κ1) is 18.9. The zero-order valence-electron chi connectivity index (χ0n) is 15.2. The van der Waals surface area contributed by atoms with Gasteiger partial charge in [-0.05, 0) is 24.1 Å². The summed E-state index contributed by atoms with van der Waals surface area (Å²) in [5.74, 6) is 0.809. The van der Waals surface area contributed by atoms with E-state index in [0.717, 1.165) is 12.0 Å². The van der Waals surface area contributed by atoms with Gasteiger partial charge in [0.1, 0.15) is 0 Å². The van der Waals surface area contributed by atoms with Crippen molar-refractivity contribution in [2.75, 3.05) is 29.4 Å². The van der Waals surface area contributed by atoms with Gasteiger partial charge in [-0.2, -0.15) is 0 Å². The van der Waals surface area contributed by atoms with Gasteiger partial charge >= 0.3 is 0 Å². The maximum absolute atomic E-state index is 12.9. The number of nitrogens with zero attached hydrogens (tertiary/aromatic N) is 1. The number of rotatable bonds is 3. The van der Waals surface area contributed by atoms with Gasteiger partial charge in [0.25, 0.3) is 10.0 Å². The van der Waals surface area contributed by atoms with Gasteiger partial charge in [0.05, 0.1) is 28.8 Å². The highest BCUT2D eigenvalue weighted by molar-refractivity contribution is 7.92. The Kier molecular flexibility index (Phi) is 4.84. The van der Waals surface area contributed by atoms with Gasteiger partial charge < -0.3 is 14.4 Å². The van der Waals surface area contributed by atoms with E-state index in [2.05, 4.69) is 4.72 Å². The second-order valence-electron chi connectivity index (χ2n) is 6.65. The molecule has 9 heteroatoms. The summed E-state index contributed by atoms with van der Waals surface area (Å²) in [6.45, 7) is 3.00. The van der Waals surface area contributed by atoms with Crippen LogP contribution in [0.5, 0.6) is 11.5 Å². The smallest absolute Gasteiger partial charge is 0.262 e. The first-order chi connectivity index (χ1) is 13.3. The van der Waals surface area contributed by atoms with E-state index in [1.807, 2.05) is 0 Å². The molecule has 0 aromatic heterocycles. The molecule has 0 bridgehead atoms. The number of hydrogen-bond donors (Lipinski definition) is 1. The maximum atomic E-state index is 12.9. The molecule has 2 aliphatic heterocycles. The quantitative estimate of drug-likeness (QED) is 0.820. The maximum Gasteiger partial charge on any atom is 0.262 e. The topological polar surface area (TPSA) is 84.9 Å². The van der Waals surface area contributed by atoms with Crippen molar-refractivity contribution < 1.29 is 22.7 Å². The molecule has 4 rings (SSSR count). The van der Waals surface area contributed by atoms with Crippen molar-refractivity contribution in [2.45, 2.75) is 24.7 Å². The molecule has 7 nitrogen and oxygen atoms in total. The van der Waals surface area contributed by atoms with Crippen LogP contribution in [0.1, 0.15) is 18.9 Å². The Morgan fingerprint density at radius 3 is 2.57 bits per heavy atom. The lowest BCUT2D eigenvalue weighted by Crippen LogP contribution is -2.26. The fourth-order valence-corrected chi connectivity index (χ4v) is 4.67. The van der Waals surface area contributed by atoms with Crippen molar-refractivity contribution in [1.82, 2.24) is 0 Å². The Bertz CT molecular complexity index is 1050. The fraction of sp³-hybridized carbons (Fsp3) is 0.316. The first-order valence-corrected chi connectivity index (χ1v) is 10.7. The van der Waals surface area contributed by atoms with E-state index in [-0.39, 0.29) is 21.5 Å². The van der Waals surface area contributed by atoms with Crippen molar-refractivity contribution in [3.05, 3.63) is 40.9 Å². The lowest BCUT2D eigenvalue weighted by molar-refractivity contribution is -0.116. The minimum atomic E-state index is -3.91. The van der Waals surface area contributed by atoms with Crippen LogP contribution in [-0.4, -0.2) is 34.1 Å². The number of anilines is 2. The number of fused-ring (bicyclic) bond motifs is 2. The molecule has 0 spiro atoms. The summed E-state index contributed by atoms with van der Waals surface area (Å²) in [6.07, 6.45) is 1.44. The molecule has 1 N–H and O–H groups in total. The first-order valence-electron chi connectivity index (χ1n) is 8.88. The SMILES string of the molecule is CC(=O)N1CCc2ccc(S(=O)(=O)Nc3cc4c(cc3Cl)OCCCO4)cc21. The molecule has 2 aliphatic rings. The summed E-state index contributed by atoms with van der Waals surface area (Å²) < 4.78 is 39.5. The summed E-state index contributed by atoms with van der Waals surface area (Å²) in [6, 6.07) is 7.85. The average Bonchev–Trinajstić information content (AvgIpc) is 2.95. The van der Waals surface area contributed by atoms with Crippen LogP contribution in [0, 0.1) is 0 Å². The van der Waals surface area contributed by atoms with Gasteiger partial charge in [-0.1, -0.05) is 17.7 Å². The molecule has 0 saturated carbocycles. The van der Waals surface area contributed by atoms with Crippen LogP contribution in [0.4, 0.5) is 11.4 Å². The normalized spacial score (nSPS) is 15.7. The van der Waals surface area contributed by atoms with Crippen molar-refractivity contribution in [1.29, 1.82) is 0 Å². The van der Waals surface area contributed by atoms with E-state index in [4.69, 9.17) is 21.1 Å². The molecular formula is C19H19ClN2O5S. The van der Waals surface area contributed by atoms with Crippen molar-refractivity contribution in [3.8, 4) is 11.5 Å². The van der Waals surface area contributed by atoms with Crippen molar-refractivity contribution in [3.63, 3.8) is 0 Å². The molecule has 0 aliphatic carbocycles. The summed E-state index contributed by atoms with van der Waals surface area (Å²) in [4.78, 5) is 13.4. The van der Waals surface area contributed by atoms with Crippen LogP contribution in [0.25, 0.3) is 0 Å². The van der Waals surface area contributed by atoms with Gasteiger partial charge in [-0.15, -0.1) is 0 Å². The highest BCUT2D eigenvalue weighted by Crippen LogP contribution is 2.39. The number of sulfonamides is 1. The number of amides is 1. The number of nitrogens with one attached hydrogen (secondary N) is 1. The molecule has 2 aromatic rings. The number of carbonyl (C=O) groups is 1. The molecular weight excluding hydrogens is 404 g/mol. The number of benzene rings is 2. The van der Waals surface area contributed by atoms with Gasteiger partial charge in [0.2, 0.25) is 5.91 Å². The van der Waals surface area contributed by atoms with Gasteiger partial charge in [0, 0.05) is 37.7 Å². The number of carbonyl (C=O) groups excluding carboxylic acids is 1. The number of ether oxygens (including phenoxy) is 2. The minimum Gasteiger partial charge on any atom is -0.490 e. The predicted molar refractivity (Wildman–Crippen MR) is 106 cm³/mol. The molecule has 0 atom stereocenters. The van der Waals surface area contributed by atoms with E-state index in [1.165, 1.54) is 25.1 Å². The summed E-state index contributed by atoms with van der Waals surface area (Å²) in [5, 5.41) is 0.208. The van der Waals surface area contributed by atoms with Crippen molar-refractivity contribution >= 4 is 38.9 Å². The number of halogens is 1. The third kappa shape index (κ3) is 3.49. The zero-order valence-corrected chi connectivity index (χ0v) is 16.8. The molecule has 0 fully saturated rings. The average molecular weight is 423 g/mol. The second kappa shape index (κ2) is 7.18. The molecule has 148 valence electrons. The third-order valence-corrected chi connectivity index (χ3v) is 6.40. The largest absolute Gasteiger partial charge is 0.490 e. The highest BCUT2D eigenvalue weighted by Gasteiger charge is 2.26. The Morgan fingerprint density at radius 1 is 1.14 bits per heavy atom. The van der Waals surface area contributed by atoms with Crippen LogP contribution >= 0.6 is 11.6 Å². The summed E-state index contributed by atoms with van der Waals surface area (Å²) in [5.41, 5.74) is 1.78. The third-order valence-electron chi connectivity index (χ3n) is 4.72. The van der Waals surface area contributed by atoms with Gasteiger partial charge in [-0.25, -0.2) is 8.42 Å². The highest BCUT2D eigenvalue weighted by atomic mass is 35.5. The van der Waals surface area contributed by atoms with E-state index in [0.29, 0.717) is 43.4 Å². The standard InChI is InChI=1S/C19H19ClN2O5S/c1-12(23)22-6-5-13-3-4-14(9-17(13)22)28(24,25)21-16-11-19-18(10-15(16)20)26-7-2-8-27-19/h3-4,9-11,21H,2,5-8H2,1H3. The summed E-state index contributed by atoms with van der Waals surface area (Å²) >= 11 is 6.25. The Balaban J connectivity index is 1.66. The van der Waals surface area contributed by atoms with E-state index >= 15 is 0 Å². The van der Waals surface area contributed by atoms with Crippen LogP contribution in [-0.2, 0) is 21.2 Å². The lowest BCUT2D eigenvalue weighted by atomic mass is 10.2. The Morgan fingerprint density at radius 2 is 1.86 bits per heavy atom. The monoisotopic (exact) mass is 422 g/mol. The molecule has 2 aromatic carbocycles. The number of hydrogen-bond acceptors (Lipinski definition) is 5. The molecule has 0 radical (unpaired) electrons. The molecule has 2 heterocycles. The van der Waals surface area contributed by atoms with Crippen molar-refractivity contribution in [2.24, 2.45) is 0 Å². The predicted octanol–water partition coefficient (Wildman–Crippen LogP) is 3.21. The van der Waals surface area contributed by atoms with E-state index in [1.54, 1.807) is 17.0 Å². The molecule has 0 saturated heterocycles.